The molecule has 0 aromatic carbocycles. The van der Waals surface area contributed by atoms with Gasteiger partial charge in [-0.25, -0.2) is 0 Å². The molecule has 0 aromatic heterocycles. The molecule has 2 heteroatoms. The smallest absolute Gasteiger partial charge is 0.310 e. The van der Waals surface area contributed by atoms with E-state index in [2.05, 4.69) is 6.58 Å². The molecule has 0 bridgehead atoms. The first-order chi connectivity index (χ1) is 5.74. The molecule has 66 valence electrons. The third-order valence-corrected chi connectivity index (χ3v) is 2.25. The van der Waals surface area contributed by atoms with Crippen LogP contribution < -0.4 is 0 Å². The van der Waals surface area contributed by atoms with Crippen LogP contribution in [0, 0.1) is 11.8 Å². The summed E-state index contributed by atoms with van der Waals surface area (Å²) in [7, 11) is 0. The molecule has 0 saturated heterocycles. The van der Waals surface area contributed by atoms with Gasteiger partial charge in [0.05, 0.1) is 5.92 Å². The van der Waals surface area contributed by atoms with Gasteiger partial charge in [-0.05, 0) is 25.2 Å². The Morgan fingerprint density at radius 2 is 2.33 bits per heavy atom. The summed E-state index contributed by atoms with van der Waals surface area (Å²) in [5.41, 5.74) is 0. The first-order valence-electron chi connectivity index (χ1n) is 4.26. The molecule has 0 radical (unpaired) electrons. The molecule has 0 aliphatic heterocycles. The van der Waals surface area contributed by atoms with Crippen LogP contribution in [0.1, 0.15) is 19.3 Å². The first kappa shape index (κ1) is 9.04. The van der Waals surface area contributed by atoms with E-state index in [-0.39, 0.29) is 5.92 Å². The van der Waals surface area contributed by atoms with Gasteiger partial charge in [0, 0.05) is 0 Å². The minimum atomic E-state index is -0.705. The van der Waals surface area contributed by atoms with Crippen LogP contribution in [-0.2, 0) is 4.79 Å². The number of hydrogen-bond donors (Lipinski definition) is 1. The van der Waals surface area contributed by atoms with Crippen LogP contribution >= 0.6 is 0 Å². The second-order valence-corrected chi connectivity index (χ2v) is 3.19. The van der Waals surface area contributed by atoms with Gasteiger partial charge in [-0.15, -0.1) is 6.58 Å². The van der Waals surface area contributed by atoms with Crippen molar-refractivity contribution in [2.45, 2.75) is 19.3 Å². The molecule has 2 unspecified atom stereocenters. The zero-order valence-electron chi connectivity index (χ0n) is 7.07. The molecule has 0 aromatic rings. The van der Waals surface area contributed by atoms with E-state index in [1.165, 1.54) is 0 Å². The summed E-state index contributed by atoms with van der Waals surface area (Å²) in [4.78, 5) is 10.5. The van der Waals surface area contributed by atoms with E-state index in [1.807, 2.05) is 12.2 Å². The van der Waals surface area contributed by atoms with Crippen molar-refractivity contribution in [3.8, 4) is 0 Å². The fourth-order valence-electron chi connectivity index (χ4n) is 1.49. The number of hydrogen-bond acceptors (Lipinski definition) is 1. The van der Waals surface area contributed by atoms with Crippen LogP contribution in [0.3, 0.4) is 0 Å². The second kappa shape index (κ2) is 4.10. The highest BCUT2D eigenvalue weighted by atomic mass is 16.4. The Kier molecular flexibility index (Phi) is 3.09. The molecule has 0 saturated carbocycles. The van der Waals surface area contributed by atoms with E-state index in [0.717, 1.165) is 19.3 Å². The van der Waals surface area contributed by atoms with Crippen molar-refractivity contribution < 1.29 is 9.90 Å². The Hall–Kier alpha value is -1.05. The predicted octanol–water partition coefficient (Wildman–Crippen LogP) is 2.23. The average molecular weight is 166 g/mol. The molecular formula is C10H14O2. The third kappa shape index (κ3) is 2.22. The Morgan fingerprint density at radius 3 is 2.75 bits per heavy atom. The zero-order valence-corrected chi connectivity index (χ0v) is 7.07. The molecule has 0 spiro atoms. The van der Waals surface area contributed by atoms with Gasteiger partial charge < -0.3 is 5.11 Å². The molecule has 2 nitrogen and oxygen atoms in total. The lowest BCUT2D eigenvalue weighted by Gasteiger charge is -2.18. The molecule has 1 N–H and O–H groups in total. The molecule has 1 aliphatic carbocycles. The number of rotatable bonds is 3. The number of carboxylic acid groups (broad SMARTS) is 1. The maximum atomic E-state index is 10.5. The molecule has 1 rings (SSSR count). The van der Waals surface area contributed by atoms with Crippen LogP contribution in [0.2, 0.25) is 0 Å². The van der Waals surface area contributed by atoms with Crippen molar-refractivity contribution in [3.05, 3.63) is 24.8 Å². The van der Waals surface area contributed by atoms with Gasteiger partial charge in [-0.1, -0.05) is 18.2 Å². The van der Waals surface area contributed by atoms with Gasteiger partial charge in [0.2, 0.25) is 0 Å². The number of allylic oxidation sites excluding steroid dienone is 2. The highest BCUT2D eigenvalue weighted by Crippen LogP contribution is 2.24. The summed E-state index contributed by atoms with van der Waals surface area (Å²) >= 11 is 0. The minimum Gasteiger partial charge on any atom is -0.481 e. The van der Waals surface area contributed by atoms with Crippen LogP contribution in [0.15, 0.2) is 24.8 Å². The quantitative estimate of drug-likeness (QED) is 0.653. The van der Waals surface area contributed by atoms with Gasteiger partial charge in [0.15, 0.2) is 0 Å². The lowest BCUT2D eigenvalue weighted by molar-refractivity contribution is -0.140. The normalized spacial score (nSPS) is 28.3. The molecule has 0 heterocycles. The molecule has 0 amide bonds. The summed E-state index contributed by atoms with van der Waals surface area (Å²) in [6.07, 6.45) is 8.40. The van der Waals surface area contributed by atoms with E-state index in [0.29, 0.717) is 5.92 Å². The molecule has 12 heavy (non-hydrogen) atoms. The first-order valence-corrected chi connectivity index (χ1v) is 4.26. The van der Waals surface area contributed by atoms with E-state index >= 15 is 0 Å². The third-order valence-electron chi connectivity index (χ3n) is 2.25. The standard InChI is InChI=1S/C10H14O2/c1-2-3-8-4-6-9(7-5-8)10(11)12/h2,4,6,8-9H,1,3,5,7H2,(H,11,12). The van der Waals surface area contributed by atoms with Crippen molar-refractivity contribution in [3.63, 3.8) is 0 Å². The lowest BCUT2D eigenvalue weighted by atomic mass is 9.87. The predicted molar refractivity (Wildman–Crippen MR) is 47.8 cm³/mol. The Balaban J connectivity index is 2.47. The van der Waals surface area contributed by atoms with E-state index < -0.39 is 5.97 Å². The van der Waals surface area contributed by atoms with Crippen molar-refractivity contribution >= 4 is 5.97 Å². The summed E-state index contributed by atoms with van der Waals surface area (Å²) in [6, 6.07) is 0. The summed E-state index contributed by atoms with van der Waals surface area (Å²) in [5, 5.41) is 8.68. The second-order valence-electron chi connectivity index (χ2n) is 3.19. The minimum absolute atomic E-state index is 0.258. The van der Waals surface area contributed by atoms with Crippen LogP contribution in [-0.4, -0.2) is 11.1 Å². The van der Waals surface area contributed by atoms with Crippen molar-refractivity contribution in [2.24, 2.45) is 11.8 Å². The Bertz CT molecular complexity index is 206. The van der Waals surface area contributed by atoms with Crippen molar-refractivity contribution in [2.75, 3.05) is 0 Å². The Morgan fingerprint density at radius 1 is 1.58 bits per heavy atom. The fraction of sp³-hybridized carbons (Fsp3) is 0.500. The monoisotopic (exact) mass is 166 g/mol. The summed E-state index contributed by atoms with van der Waals surface area (Å²) in [6.45, 7) is 3.66. The van der Waals surface area contributed by atoms with Gasteiger partial charge in [-0.2, -0.15) is 0 Å². The topological polar surface area (TPSA) is 37.3 Å². The molecule has 2 atom stereocenters. The van der Waals surface area contributed by atoms with Gasteiger partial charge in [0.25, 0.3) is 0 Å². The SMILES string of the molecule is C=CCC1C=CC(C(=O)O)CC1. The number of carboxylic acids is 1. The van der Waals surface area contributed by atoms with Gasteiger partial charge in [0.1, 0.15) is 0 Å². The maximum Gasteiger partial charge on any atom is 0.310 e. The van der Waals surface area contributed by atoms with Crippen LogP contribution in [0.4, 0.5) is 0 Å². The Labute approximate surface area is 72.6 Å². The highest BCUT2D eigenvalue weighted by Gasteiger charge is 2.19. The summed E-state index contributed by atoms with van der Waals surface area (Å²) in [5.74, 6) is -0.451. The van der Waals surface area contributed by atoms with Crippen molar-refractivity contribution in [1.82, 2.24) is 0 Å². The molecular weight excluding hydrogens is 152 g/mol. The summed E-state index contributed by atoms with van der Waals surface area (Å²) < 4.78 is 0. The van der Waals surface area contributed by atoms with Gasteiger partial charge in [-0.3, -0.25) is 4.79 Å². The maximum absolute atomic E-state index is 10.5. The zero-order chi connectivity index (χ0) is 8.97. The molecule has 0 fully saturated rings. The highest BCUT2D eigenvalue weighted by molar-refractivity contribution is 5.72. The average Bonchev–Trinajstić information content (AvgIpc) is 2.06. The van der Waals surface area contributed by atoms with E-state index in [9.17, 15) is 4.79 Å². The van der Waals surface area contributed by atoms with Crippen LogP contribution in [0.25, 0.3) is 0 Å². The fourth-order valence-corrected chi connectivity index (χ4v) is 1.49. The van der Waals surface area contributed by atoms with E-state index in [1.54, 1.807) is 6.08 Å². The lowest BCUT2D eigenvalue weighted by Crippen LogP contribution is -2.16. The van der Waals surface area contributed by atoms with E-state index in [4.69, 9.17) is 5.11 Å². The largest absolute Gasteiger partial charge is 0.481 e. The molecule has 1 aliphatic rings. The van der Waals surface area contributed by atoms with Crippen molar-refractivity contribution in [1.29, 1.82) is 0 Å². The van der Waals surface area contributed by atoms with Gasteiger partial charge >= 0.3 is 5.97 Å². The van der Waals surface area contributed by atoms with Crippen LogP contribution in [0.5, 0.6) is 0 Å². The number of carbonyl (C=O) groups is 1. The number of aliphatic carboxylic acids is 1.